The van der Waals surface area contributed by atoms with E-state index in [9.17, 15) is 29.0 Å². The van der Waals surface area contributed by atoms with E-state index in [1.165, 1.54) is 12.1 Å². The van der Waals surface area contributed by atoms with Gasteiger partial charge in [-0.25, -0.2) is 10.0 Å². The zero-order chi connectivity index (χ0) is 30.6. The van der Waals surface area contributed by atoms with Crippen LogP contribution in [0.4, 0.5) is 0 Å². The van der Waals surface area contributed by atoms with E-state index in [1.54, 1.807) is 38.1 Å². The second-order valence-electron chi connectivity index (χ2n) is 9.55. The average Bonchev–Trinajstić information content (AvgIpc) is 2.94. The van der Waals surface area contributed by atoms with Crippen molar-refractivity contribution in [2.75, 3.05) is 13.0 Å². The summed E-state index contributed by atoms with van der Waals surface area (Å²) in [4.78, 5) is 71.4. The summed E-state index contributed by atoms with van der Waals surface area (Å²) < 4.78 is 11.0. The van der Waals surface area contributed by atoms with Crippen LogP contribution in [0, 0.1) is 12.8 Å². The van der Waals surface area contributed by atoms with E-state index in [4.69, 9.17) is 9.79 Å². The molecule has 0 bridgehead atoms. The Morgan fingerprint density at radius 2 is 1.78 bits per heavy atom. The third-order valence-corrected chi connectivity index (χ3v) is 7.06. The van der Waals surface area contributed by atoms with Gasteiger partial charge in [-0.2, -0.15) is 0 Å². The molecule has 0 aliphatic heterocycles. The molecule has 0 aliphatic carbocycles. The number of carbonyl (C=O) groups excluding carboxylic acids is 4. The van der Waals surface area contributed by atoms with Crippen LogP contribution in [0.15, 0.2) is 36.4 Å². The Balaban J connectivity index is 2.06. The summed E-state index contributed by atoms with van der Waals surface area (Å²) in [5.74, 6) is -2.21. The molecule has 0 radical (unpaired) electrons. The molecule has 2 aromatic rings. The van der Waals surface area contributed by atoms with E-state index >= 15 is 0 Å². The molecule has 2 unspecified atom stereocenters. The molecule has 4 amide bonds. The number of aromatic nitrogens is 1. The topological polar surface area (TPSA) is 198 Å². The van der Waals surface area contributed by atoms with Crippen molar-refractivity contribution < 1.29 is 38.7 Å². The number of benzene rings is 1. The molecule has 13 nitrogen and oxygen atoms in total. The van der Waals surface area contributed by atoms with Gasteiger partial charge in [0.15, 0.2) is 0 Å². The lowest BCUT2D eigenvalue weighted by atomic mass is 9.90. The van der Waals surface area contributed by atoms with Gasteiger partial charge in [0.05, 0.1) is 24.3 Å². The molecule has 2 atom stereocenters. The van der Waals surface area contributed by atoms with E-state index in [-0.39, 0.29) is 24.3 Å². The fourth-order valence-electron chi connectivity index (χ4n) is 4.35. The number of pyridine rings is 1. The Morgan fingerprint density at radius 3 is 2.39 bits per heavy atom. The van der Waals surface area contributed by atoms with Crippen molar-refractivity contribution in [1.82, 2.24) is 26.0 Å². The van der Waals surface area contributed by atoms with Gasteiger partial charge in [-0.15, -0.1) is 0 Å². The molecular formula is C27H38N5O8P. The van der Waals surface area contributed by atoms with E-state index in [2.05, 4.69) is 20.9 Å². The van der Waals surface area contributed by atoms with Crippen LogP contribution in [0.25, 0.3) is 11.3 Å². The predicted octanol–water partition coefficient (Wildman–Crippen LogP) is 2.55. The zero-order valence-corrected chi connectivity index (χ0v) is 24.3. The molecule has 41 heavy (non-hydrogen) atoms. The van der Waals surface area contributed by atoms with Gasteiger partial charge in [-0.05, 0) is 49.6 Å². The number of amides is 4. The van der Waals surface area contributed by atoms with Crippen molar-refractivity contribution in [2.24, 2.45) is 5.92 Å². The van der Waals surface area contributed by atoms with Gasteiger partial charge in [0.2, 0.25) is 12.3 Å². The highest BCUT2D eigenvalue weighted by molar-refractivity contribution is 7.51. The maximum atomic E-state index is 12.9. The smallest absolute Gasteiger partial charge is 0.340 e. The number of hydrogen-bond acceptors (Lipinski definition) is 7. The summed E-state index contributed by atoms with van der Waals surface area (Å²) in [6.07, 6.45) is 2.96. The fraction of sp³-hybridized carbons (Fsp3) is 0.444. The minimum Gasteiger partial charge on any atom is -0.340 e. The molecule has 0 fully saturated rings. The number of nitrogens with zero attached hydrogens (tertiary/aromatic N) is 2. The number of hydrogen-bond donors (Lipinski definition) is 6. The highest BCUT2D eigenvalue weighted by Gasteiger charge is 2.30. The number of unbranched alkanes of at least 4 members (excludes halogenated alkanes) is 2. The minimum atomic E-state index is -4.39. The second-order valence-corrected chi connectivity index (χ2v) is 11.2. The molecule has 1 heterocycles. The first-order chi connectivity index (χ1) is 19.4. The van der Waals surface area contributed by atoms with Crippen LogP contribution in [-0.2, 0) is 14.2 Å². The lowest BCUT2D eigenvalue weighted by Gasteiger charge is -2.29. The maximum Gasteiger partial charge on any atom is 0.344 e. The number of nitrogens with one attached hydrogen (secondary N) is 3. The first kappa shape index (κ1) is 33.6. The molecule has 14 heteroatoms. The van der Waals surface area contributed by atoms with Gasteiger partial charge in [0.1, 0.15) is 12.0 Å². The van der Waals surface area contributed by atoms with Crippen LogP contribution in [0.1, 0.15) is 72.4 Å². The molecule has 2 rings (SSSR count). The van der Waals surface area contributed by atoms with Crippen LogP contribution >= 0.6 is 7.60 Å². The SMILES string of the molecule is CCCCCC(C(=O)NCNC(=O)c1cccc(-c2ccc(C(=O)NCP(=O)(O)O)c(C)c2)n1)C(CC)N(O)C=O. The van der Waals surface area contributed by atoms with Crippen LogP contribution in [0.3, 0.4) is 0 Å². The van der Waals surface area contributed by atoms with Crippen LogP contribution < -0.4 is 16.0 Å². The zero-order valence-electron chi connectivity index (χ0n) is 23.4. The Bertz CT molecular complexity index is 1270. The van der Waals surface area contributed by atoms with Crippen molar-refractivity contribution in [3.63, 3.8) is 0 Å². The van der Waals surface area contributed by atoms with E-state index in [0.717, 1.165) is 19.3 Å². The number of carbonyl (C=O) groups is 4. The summed E-state index contributed by atoms with van der Waals surface area (Å²) in [6, 6.07) is 8.91. The van der Waals surface area contributed by atoms with Crippen LogP contribution in [0.5, 0.6) is 0 Å². The second kappa shape index (κ2) is 16.0. The summed E-state index contributed by atoms with van der Waals surface area (Å²) in [7, 11) is -4.39. The van der Waals surface area contributed by atoms with E-state index in [0.29, 0.717) is 34.7 Å². The first-order valence-corrected chi connectivity index (χ1v) is 15.1. The fourth-order valence-corrected chi connectivity index (χ4v) is 4.70. The van der Waals surface area contributed by atoms with Gasteiger partial charge >= 0.3 is 7.60 Å². The Morgan fingerprint density at radius 1 is 1.05 bits per heavy atom. The van der Waals surface area contributed by atoms with Crippen molar-refractivity contribution in [2.45, 2.75) is 58.9 Å². The molecule has 0 aliphatic rings. The minimum absolute atomic E-state index is 0.0892. The monoisotopic (exact) mass is 591 g/mol. The molecule has 0 saturated heterocycles. The standard InChI is InChI=1S/C27H38N5O8P/c1-4-6-7-9-21(24(5-2)32(37)17-33)26(35)28-15-29-27(36)23-11-8-10-22(31-23)19-12-13-20(18(3)14-19)25(34)30-16-41(38,39)40/h8,10-14,17,21,24,37H,4-7,9,15-16H2,1-3H3,(H,28,35)(H,29,36)(H,30,34)(H2,38,39,40). The Labute approximate surface area is 238 Å². The highest BCUT2D eigenvalue weighted by atomic mass is 31.2. The Kier molecular flexibility index (Phi) is 13.1. The molecular weight excluding hydrogens is 553 g/mol. The number of rotatable bonds is 16. The number of hydroxylamine groups is 2. The molecule has 0 saturated carbocycles. The van der Waals surface area contributed by atoms with Crippen molar-refractivity contribution in [1.29, 1.82) is 0 Å². The highest BCUT2D eigenvalue weighted by Crippen LogP contribution is 2.32. The quantitative estimate of drug-likeness (QED) is 0.0424. The lowest BCUT2D eigenvalue weighted by molar-refractivity contribution is -0.168. The summed E-state index contributed by atoms with van der Waals surface area (Å²) >= 11 is 0. The third kappa shape index (κ3) is 10.4. The first-order valence-electron chi connectivity index (χ1n) is 13.3. The van der Waals surface area contributed by atoms with Crippen LogP contribution in [-0.4, -0.2) is 68.2 Å². The van der Waals surface area contributed by atoms with Crippen molar-refractivity contribution in [3.8, 4) is 11.3 Å². The molecule has 0 spiro atoms. The predicted molar refractivity (Wildman–Crippen MR) is 151 cm³/mol. The summed E-state index contributed by atoms with van der Waals surface area (Å²) in [5.41, 5.74) is 1.93. The van der Waals surface area contributed by atoms with Gasteiger partial charge in [0, 0.05) is 11.1 Å². The van der Waals surface area contributed by atoms with Gasteiger partial charge in [0.25, 0.3) is 11.8 Å². The third-order valence-electron chi connectivity index (χ3n) is 6.49. The van der Waals surface area contributed by atoms with Gasteiger partial charge < -0.3 is 25.7 Å². The average molecular weight is 592 g/mol. The number of aryl methyl sites for hydroxylation is 1. The molecule has 1 aromatic carbocycles. The van der Waals surface area contributed by atoms with Crippen LogP contribution in [0.2, 0.25) is 0 Å². The van der Waals surface area contributed by atoms with Crippen molar-refractivity contribution in [3.05, 3.63) is 53.2 Å². The lowest BCUT2D eigenvalue weighted by Crippen LogP contribution is -2.47. The molecule has 6 N–H and O–H groups in total. The largest absolute Gasteiger partial charge is 0.344 e. The summed E-state index contributed by atoms with van der Waals surface area (Å²) in [6.45, 7) is 5.28. The molecule has 224 valence electrons. The summed E-state index contributed by atoms with van der Waals surface area (Å²) in [5, 5.41) is 17.9. The van der Waals surface area contributed by atoms with Gasteiger partial charge in [-0.1, -0.05) is 45.2 Å². The van der Waals surface area contributed by atoms with Gasteiger partial charge in [-0.3, -0.25) is 29.0 Å². The van der Waals surface area contributed by atoms with Crippen molar-refractivity contribution >= 4 is 31.7 Å². The molecule has 1 aromatic heterocycles. The normalized spacial score (nSPS) is 12.6. The van der Waals surface area contributed by atoms with E-state index < -0.39 is 43.6 Å². The maximum absolute atomic E-state index is 12.9. The van der Waals surface area contributed by atoms with E-state index in [1.807, 2.05) is 6.92 Å². The Hall–Kier alpha value is -3.64.